The number of hydrogen-bond acceptors (Lipinski definition) is 4. The molecule has 5 nitrogen and oxygen atoms in total. The van der Waals surface area contributed by atoms with Crippen molar-refractivity contribution >= 4 is 12.1 Å². The Kier molecular flexibility index (Phi) is 5.20. The minimum absolute atomic E-state index is 0.0973. The molecule has 0 aliphatic carbocycles. The third kappa shape index (κ3) is 4.48. The molecular weight excluding hydrogens is 270 g/mol. The summed E-state index contributed by atoms with van der Waals surface area (Å²) >= 11 is 0. The Balaban J connectivity index is 1.88. The lowest BCUT2D eigenvalue weighted by Crippen LogP contribution is -2.48. The summed E-state index contributed by atoms with van der Waals surface area (Å²) in [6.45, 7) is 4.01. The number of carbonyl (C=O) groups excluding carboxylic acids is 2. The first-order valence-corrected chi connectivity index (χ1v) is 7.21. The van der Waals surface area contributed by atoms with Crippen molar-refractivity contribution in [3.05, 3.63) is 35.9 Å². The van der Waals surface area contributed by atoms with E-state index in [1.807, 2.05) is 37.3 Å². The fourth-order valence-corrected chi connectivity index (χ4v) is 2.46. The van der Waals surface area contributed by atoms with Gasteiger partial charge >= 0.3 is 12.1 Å². The summed E-state index contributed by atoms with van der Waals surface area (Å²) < 4.78 is 10.5. The molecule has 5 heteroatoms. The molecule has 0 N–H and O–H groups in total. The van der Waals surface area contributed by atoms with Crippen molar-refractivity contribution in [2.24, 2.45) is 0 Å². The van der Waals surface area contributed by atoms with Gasteiger partial charge in [0.15, 0.2) is 0 Å². The average molecular weight is 291 g/mol. The Morgan fingerprint density at radius 3 is 2.62 bits per heavy atom. The summed E-state index contributed by atoms with van der Waals surface area (Å²) in [7, 11) is 0. The van der Waals surface area contributed by atoms with Gasteiger partial charge in [-0.25, -0.2) is 4.79 Å². The van der Waals surface area contributed by atoms with Gasteiger partial charge in [0.25, 0.3) is 0 Å². The number of esters is 1. The van der Waals surface area contributed by atoms with Gasteiger partial charge in [0, 0.05) is 13.0 Å². The second kappa shape index (κ2) is 7.11. The third-order valence-corrected chi connectivity index (χ3v) is 3.61. The lowest BCUT2D eigenvalue weighted by molar-refractivity contribution is -0.149. The van der Waals surface area contributed by atoms with Crippen molar-refractivity contribution in [3.8, 4) is 0 Å². The van der Waals surface area contributed by atoms with Crippen LogP contribution in [0.4, 0.5) is 4.79 Å². The maximum atomic E-state index is 12.2. The minimum Gasteiger partial charge on any atom is -0.461 e. The molecule has 1 saturated heterocycles. The van der Waals surface area contributed by atoms with Crippen LogP contribution in [0.3, 0.4) is 0 Å². The second-order valence-electron chi connectivity index (χ2n) is 5.35. The van der Waals surface area contributed by atoms with Crippen LogP contribution >= 0.6 is 0 Å². The quantitative estimate of drug-likeness (QED) is 0.804. The van der Waals surface area contributed by atoms with Crippen LogP contribution in [0.25, 0.3) is 0 Å². The zero-order chi connectivity index (χ0) is 15.2. The molecule has 0 spiro atoms. The number of ether oxygens (including phenoxy) is 2. The van der Waals surface area contributed by atoms with Gasteiger partial charge in [-0.2, -0.15) is 0 Å². The number of piperidine rings is 1. The molecule has 0 saturated carbocycles. The molecule has 1 amide bonds. The number of benzene rings is 1. The largest absolute Gasteiger partial charge is 0.461 e. The molecule has 114 valence electrons. The van der Waals surface area contributed by atoms with Gasteiger partial charge in [-0.15, -0.1) is 0 Å². The summed E-state index contributed by atoms with van der Waals surface area (Å²) in [6.07, 6.45) is 0.993. The predicted octanol–water partition coefficient (Wildman–Crippen LogP) is 2.74. The van der Waals surface area contributed by atoms with Gasteiger partial charge in [0.2, 0.25) is 0 Å². The number of carbonyl (C=O) groups is 2. The van der Waals surface area contributed by atoms with Crippen LogP contribution in [0.15, 0.2) is 30.3 Å². The molecule has 0 bridgehead atoms. The van der Waals surface area contributed by atoms with Crippen LogP contribution in [-0.2, 0) is 20.9 Å². The van der Waals surface area contributed by atoms with Gasteiger partial charge in [0.05, 0.1) is 6.54 Å². The summed E-state index contributed by atoms with van der Waals surface area (Å²) in [6, 6.07) is 9.65. The van der Waals surface area contributed by atoms with E-state index in [2.05, 4.69) is 0 Å². The lowest BCUT2D eigenvalue weighted by atomic mass is 10.0. The summed E-state index contributed by atoms with van der Waals surface area (Å²) in [5.41, 5.74) is 0.951. The molecule has 2 rings (SSSR count). The summed E-state index contributed by atoms with van der Waals surface area (Å²) in [5.74, 6) is -0.313. The van der Waals surface area contributed by atoms with E-state index in [1.54, 1.807) is 4.90 Å². The van der Waals surface area contributed by atoms with Gasteiger partial charge in [-0.3, -0.25) is 4.79 Å². The monoisotopic (exact) mass is 291 g/mol. The fourth-order valence-electron chi connectivity index (χ4n) is 2.46. The van der Waals surface area contributed by atoms with Crippen molar-refractivity contribution in [1.29, 1.82) is 0 Å². The first kappa shape index (κ1) is 15.4. The van der Waals surface area contributed by atoms with E-state index < -0.39 is 0 Å². The summed E-state index contributed by atoms with van der Waals surface area (Å²) in [5, 5.41) is 0. The first-order valence-electron chi connectivity index (χ1n) is 7.21. The van der Waals surface area contributed by atoms with Gasteiger partial charge in [-0.1, -0.05) is 30.3 Å². The van der Waals surface area contributed by atoms with Crippen molar-refractivity contribution in [2.45, 2.75) is 45.4 Å². The van der Waals surface area contributed by atoms with E-state index in [-0.39, 0.29) is 30.8 Å². The maximum absolute atomic E-state index is 12.2. The Labute approximate surface area is 124 Å². The highest BCUT2D eigenvalue weighted by molar-refractivity contribution is 5.69. The van der Waals surface area contributed by atoms with E-state index in [0.717, 1.165) is 18.4 Å². The number of nitrogens with zero attached hydrogens (tertiary/aromatic N) is 1. The number of rotatable bonds is 3. The normalized spacial score (nSPS) is 21.7. The molecule has 0 aromatic heterocycles. The maximum Gasteiger partial charge on any atom is 0.410 e. The Morgan fingerprint density at radius 2 is 1.95 bits per heavy atom. The lowest BCUT2D eigenvalue weighted by Gasteiger charge is -2.36. The zero-order valence-corrected chi connectivity index (χ0v) is 12.5. The number of amides is 1. The van der Waals surface area contributed by atoms with Gasteiger partial charge < -0.3 is 14.4 Å². The molecule has 1 aliphatic heterocycles. The molecule has 1 heterocycles. The van der Waals surface area contributed by atoms with Crippen molar-refractivity contribution in [3.63, 3.8) is 0 Å². The molecule has 1 fully saturated rings. The van der Waals surface area contributed by atoms with Crippen molar-refractivity contribution < 1.29 is 19.1 Å². The molecule has 2 atom stereocenters. The van der Waals surface area contributed by atoms with Crippen molar-refractivity contribution in [1.82, 2.24) is 4.90 Å². The first-order chi connectivity index (χ1) is 10.1. The Bertz CT molecular complexity index is 488. The van der Waals surface area contributed by atoms with E-state index >= 15 is 0 Å². The molecule has 1 aromatic rings. The second-order valence-corrected chi connectivity index (χ2v) is 5.35. The predicted molar refractivity (Wildman–Crippen MR) is 77.6 cm³/mol. The molecule has 1 aliphatic rings. The van der Waals surface area contributed by atoms with Crippen LogP contribution in [-0.4, -0.2) is 35.7 Å². The van der Waals surface area contributed by atoms with E-state index in [0.29, 0.717) is 6.54 Å². The van der Waals surface area contributed by atoms with E-state index in [9.17, 15) is 9.59 Å². The molecular formula is C16H21NO4. The van der Waals surface area contributed by atoms with Crippen LogP contribution in [0.5, 0.6) is 0 Å². The smallest absolute Gasteiger partial charge is 0.410 e. The fraction of sp³-hybridized carbons (Fsp3) is 0.500. The van der Waals surface area contributed by atoms with Crippen LogP contribution in [0.1, 0.15) is 32.3 Å². The Hall–Kier alpha value is -2.04. The third-order valence-electron chi connectivity index (χ3n) is 3.61. The topological polar surface area (TPSA) is 55.8 Å². The molecule has 1 aromatic carbocycles. The highest BCUT2D eigenvalue weighted by Crippen LogP contribution is 2.20. The van der Waals surface area contributed by atoms with E-state index in [1.165, 1.54) is 6.92 Å². The minimum atomic E-state index is -0.358. The highest BCUT2D eigenvalue weighted by Gasteiger charge is 2.31. The summed E-state index contributed by atoms with van der Waals surface area (Å²) in [4.78, 5) is 24.8. The molecule has 21 heavy (non-hydrogen) atoms. The zero-order valence-electron chi connectivity index (χ0n) is 12.5. The number of hydrogen-bond donors (Lipinski definition) is 0. The molecule has 0 radical (unpaired) electrons. The Morgan fingerprint density at radius 1 is 1.24 bits per heavy atom. The SMILES string of the molecule is CC(=O)O[C@@H]1CC[C@@H](C)N(C(=O)OCc2ccccc2)C1. The highest BCUT2D eigenvalue weighted by atomic mass is 16.6. The van der Waals surface area contributed by atoms with Crippen LogP contribution in [0, 0.1) is 0 Å². The van der Waals surface area contributed by atoms with Gasteiger partial charge in [-0.05, 0) is 25.3 Å². The van der Waals surface area contributed by atoms with Crippen molar-refractivity contribution in [2.75, 3.05) is 6.54 Å². The van der Waals surface area contributed by atoms with Crippen LogP contribution < -0.4 is 0 Å². The standard InChI is InChI=1S/C16H21NO4/c1-12-8-9-15(21-13(2)18)10-17(12)16(19)20-11-14-6-4-3-5-7-14/h3-7,12,15H,8-11H2,1-2H3/t12-,15-/m1/s1. The van der Waals surface area contributed by atoms with E-state index in [4.69, 9.17) is 9.47 Å². The molecule has 0 unspecified atom stereocenters. The average Bonchev–Trinajstić information content (AvgIpc) is 2.47. The number of likely N-dealkylation sites (tertiary alicyclic amines) is 1. The van der Waals surface area contributed by atoms with Gasteiger partial charge in [0.1, 0.15) is 12.7 Å². The van der Waals surface area contributed by atoms with Crippen LogP contribution in [0.2, 0.25) is 0 Å².